The second-order valence-corrected chi connectivity index (χ2v) is 5.69. The summed E-state index contributed by atoms with van der Waals surface area (Å²) in [5.74, 6) is 0.894. The Morgan fingerprint density at radius 2 is 1.45 bits per heavy atom. The van der Waals surface area contributed by atoms with Crippen LogP contribution in [0.3, 0.4) is 0 Å². The van der Waals surface area contributed by atoms with Crippen LogP contribution in [0.2, 0.25) is 0 Å². The Morgan fingerprint density at radius 3 is 2.18 bits per heavy atom. The van der Waals surface area contributed by atoms with E-state index < -0.39 is 0 Å². The molecule has 22 heavy (non-hydrogen) atoms. The number of alkyl halides is 1. The van der Waals surface area contributed by atoms with Gasteiger partial charge in [-0.15, -0.1) is 0 Å². The lowest BCUT2D eigenvalue weighted by molar-refractivity contribution is 0.306. The topological polar surface area (TPSA) is 9.23 Å². The highest BCUT2D eigenvalue weighted by atomic mass is 79.9. The van der Waals surface area contributed by atoms with Crippen LogP contribution in [0, 0.1) is 0 Å². The lowest BCUT2D eigenvalue weighted by Crippen LogP contribution is -1.95. The molecule has 0 aliphatic heterocycles. The van der Waals surface area contributed by atoms with E-state index in [0.717, 1.165) is 11.1 Å². The molecule has 0 amide bonds. The van der Waals surface area contributed by atoms with Crippen molar-refractivity contribution in [1.29, 1.82) is 0 Å². The van der Waals surface area contributed by atoms with Gasteiger partial charge in [-0.05, 0) is 34.4 Å². The number of halogens is 1. The van der Waals surface area contributed by atoms with Gasteiger partial charge in [0.2, 0.25) is 0 Å². The molecule has 3 rings (SSSR count). The van der Waals surface area contributed by atoms with Crippen LogP contribution in [0.5, 0.6) is 5.75 Å². The van der Waals surface area contributed by atoms with E-state index in [1.54, 1.807) is 0 Å². The molecule has 0 aliphatic rings. The van der Waals surface area contributed by atoms with Crippen LogP contribution < -0.4 is 4.74 Å². The molecule has 0 fully saturated rings. The van der Waals surface area contributed by atoms with E-state index >= 15 is 0 Å². The predicted molar refractivity (Wildman–Crippen MR) is 95.3 cm³/mol. The van der Waals surface area contributed by atoms with Crippen molar-refractivity contribution >= 4 is 15.9 Å². The lowest BCUT2D eigenvalue weighted by Gasteiger charge is -2.09. The summed E-state index contributed by atoms with van der Waals surface area (Å²) in [6, 6.07) is 27.0. The summed E-state index contributed by atoms with van der Waals surface area (Å²) >= 11 is 3.47. The van der Waals surface area contributed by atoms with Crippen molar-refractivity contribution in [3.63, 3.8) is 0 Å². The van der Waals surface area contributed by atoms with Gasteiger partial charge in [-0.25, -0.2) is 0 Å². The standard InChI is InChI=1S/C20H17BrO/c21-14-16-9-11-18(12-10-16)19-7-4-8-20(13-19)22-15-17-5-2-1-3-6-17/h1-13H,14-15H2. The van der Waals surface area contributed by atoms with Crippen molar-refractivity contribution in [2.75, 3.05) is 0 Å². The molecule has 0 atom stereocenters. The molecule has 0 radical (unpaired) electrons. The predicted octanol–water partition coefficient (Wildman–Crippen LogP) is 5.83. The number of benzene rings is 3. The molecule has 0 bridgehead atoms. The Labute approximate surface area is 139 Å². The summed E-state index contributed by atoms with van der Waals surface area (Å²) in [7, 11) is 0. The van der Waals surface area contributed by atoms with Gasteiger partial charge in [0, 0.05) is 5.33 Å². The van der Waals surface area contributed by atoms with Gasteiger partial charge in [0.25, 0.3) is 0 Å². The maximum atomic E-state index is 5.89. The van der Waals surface area contributed by atoms with E-state index in [1.807, 2.05) is 30.3 Å². The van der Waals surface area contributed by atoms with Gasteiger partial charge in [-0.2, -0.15) is 0 Å². The SMILES string of the molecule is BrCc1ccc(-c2cccc(OCc3ccccc3)c2)cc1. The van der Waals surface area contributed by atoms with E-state index in [0.29, 0.717) is 6.61 Å². The van der Waals surface area contributed by atoms with Crippen molar-refractivity contribution in [3.05, 3.63) is 90.0 Å². The molecular formula is C20H17BrO. The smallest absolute Gasteiger partial charge is 0.120 e. The number of rotatable bonds is 5. The van der Waals surface area contributed by atoms with Gasteiger partial charge in [-0.3, -0.25) is 0 Å². The molecule has 0 saturated carbocycles. The van der Waals surface area contributed by atoms with Crippen molar-refractivity contribution in [1.82, 2.24) is 0 Å². The van der Waals surface area contributed by atoms with Crippen molar-refractivity contribution < 1.29 is 4.74 Å². The monoisotopic (exact) mass is 352 g/mol. The third kappa shape index (κ3) is 3.77. The number of ether oxygens (including phenoxy) is 1. The summed E-state index contributed by atoms with van der Waals surface area (Å²) in [5.41, 5.74) is 4.83. The van der Waals surface area contributed by atoms with Gasteiger partial charge >= 0.3 is 0 Å². The maximum absolute atomic E-state index is 5.89. The van der Waals surface area contributed by atoms with Crippen LogP contribution in [-0.4, -0.2) is 0 Å². The van der Waals surface area contributed by atoms with Crippen molar-refractivity contribution in [2.45, 2.75) is 11.9 Å². The Bertz CT molecular complexity index is 720. The second-order valence-electron chi connectivity index (χ2n) is 5.13. The van der Waals surface area contributed by atoms with E-state index in [1.165, 1.54) is 22.3 Å². The Hall–Kier alpha value is -2.06. The van der Waals surface area contributed by atoms with E-state index in [4.69, 9.17) is 4.74 Å². The Morgan fingerprint density at radius 1 is 0.682 bits per heavy atom. The Kier molecular flexibility index (Phi) is 4.92. The van der Waals surface area contributed by atoms with Crippen LogP contribution in [0.25, 0.3) is 11.1 Å². The molecule has 0 spiro atoms. The van der Waals surface area contributed by atoms with Gasteiger partial charge in [0.1, 0.15) is 12.4 Å². The average Bonchev–Trinajstić information content (AvgIpc) is 2.61. The molecule has 3 aromatic carbocycles. The minimum Gasteiger partial charge on any atom is -0.489 e. The summed E-state index contributed by atoms with van der Waals surface area (Å²) in [5, 5.41) is 0.882. The first-order chi connectivity index (χ1) is 10.8. The van der Waals surface area contributed by atoms with Crippen molar-refractivity contribution in [2.24, 2.45) is 0 Å². The third-order valence-corrected chi connectivity index (χ3v) is 4.17. The third-order valence-electron chi connectivity index (χ3n) is 3.52. The van der Waals surface area contributed by atoms with Gasteiger partial charge in [-0.1, -0.05) is 82.7 Å². The lowest BCUT2D eigenvalue weighted by atomic mass is 10.0. The first-order valence-electron chi connectivity index (χ1n) is 7.27. The largest absolute Gasteiger partial charge is 0.489 e. The summed E-state index contributed by atoms with van der Waals surface area (Å²) in [6.45, 7) is 0.590. The van der Waals surface area contributed by atoms with E-state index in [-0.39, 0.29) is 0 Å². The van der Waals surface area contributed by atoms with E-state index in [2.05, 4.69) is 64.5 Å². The maximum Gasteiger partial charge on any atom is 0.120 e. The summed E-state index contributed by atoms with van der Waals surface area (Å²) in [6.07, 6.45) is 0. The molecule has 0 aromatic heterocycles. The average molecular weight is 353 g/mol. The number of hydrogen-bond acceptors (Lipinski definition) is 1. The molecule has 0 saturated heterocycles. The van der Waals surface area contributed by atoms with Crippen LogP contribution in [0.1, 0.15) is 11.1 Å². The van der Waals surface area contributed by atoms with Crippen LogP contribution in [-0.2, 0) is 11.9 Å². The normalized spacial score (nSPS) is 10.4. The van der Waals surface area contributed by atoms with E-state index in [9.17, 15) is 0 Å². The first kappa shape index (κ1) is 14.9. The molecule has 2 heteroatoms. The number of hydrogen-bond donors (Lipinski definition) is 0. The molecule has 3 aromatic rings. The fraction of sp³-hybridized carbons (Fsp3) is 0.100. The van der Waals surface area contributed by atoms with Gasteiger partial charge in [0.05, 0.1) is 0 Å². The van der Waals surface area contributed by atoms with Gasteiger partial charge in [0.15, 0.2) is 0 Å². The highest BCUT2D eigenvalue weighted by Crippen LogP contribution is 2.25. The zero-order chi connectivity index (χ0) is 15.2. The minimum absolute atomic E-state index is 0.590. The Balaban J connectivity index is 1.74. The summed E-state index contributed by atoms with van der Waals surface area (Å²) in [4.78, 5) is 0. The van der Waals surface area contributed by atoms with Gasteiger partial charge < -0.3 is 4.74 Å². The van der Waals surface area contributed by atoms with Crippen LogP contribution >= 0.6 is 15.9 Å². The van der Waals surface area contributed by atoms with Crippen LogP contribution in [0.15, 0.2) is 78.9 Å². The molecule has 0 aliphatic carbocycles. The second kappa shape index (κ2) is 7.28. The fourth-order valence-electron chi connectivity index (χ4n) is 2.29. The van der Waals surface area contributed by atoms with Crippen LogP contribution in [0.4, 0.5) is 0 Å². The fourth-order valence-corrected chi connectivity index (χ4v) is 2.67. The molecule has 1 nitrogen and oxygen atoms in total. The first-order valence-corrected chi connectivity index (χ1v) is 8.39. The minimum atomic E-state index is 0.590. The zero-order valence-corrected chi connectivity index (χ0v) is 13.8. The summed E-state index contributed by atoms with van der Waals surface area (Å²) < 4.78 is 5.89. The molecule has 110 valence electrons. The quantitative estimate of drug-likeness (QED) is 0.525. The zero-order valence-electron chi connectivity index (χ0n) is 12.2. The molecule has 0 unspecified atom stereocenters. The highest BCUT2D eigenvalue weighted by molar-refractivity contribution is 9.08. The molecule has 0 heterocycles. The van der Waals surface area contributed by atoms with Crippen molar-refractivity contribution in [3.8, 4) is 16.9 Å². The molecular weight excluding hydrogens is 336 g/mol. The highest BCUT2D eigenvalue weighted by Gasteiger charge is 2.01. The molecule has 0 N–H and O–H groups in total.